The lowest BCUT2D eigenvalue weighted by atomic mass is 9.95. The zero-order chi connectivity index (χ0) is 14.0. The molecule has 0 bridgehead atoms. The second-order valence-electron chi connectivity index (χ2n) is 6.50. The van der Waals surface area contributed by atoms with E-state index in [4.69, 9.17) is 0 Å². The summed E-state index contributed by atoms with van der Waals surface area (Å²) in [5, 5.41) is 12.0. The third-order valence-corrected chi connectivity index (χ3v) is 3.93. The number of likely N-dealkylation sites (tertiary alicyclic amines) is 1. The van der Waals surface area contributed by atoms with E-state index in [1.807, 2.05) is 13.8 Å². The number of nitrogens with zero attached hydrogens (tertiary/aromatic N) is 1. The molecule has 1 atom stereocenters. The molecule has 19 heavy (non-hydrogen) atoms. The van der Waals surface area contributed by atoms with Crippen LogP contribution in [0.1, 0.15) is 39.5 Å². The summed E-state index contributed by atoms with van der Waals surface area (Å²) in [6, 6.07) is -0.303. The highest BCUT2D eigenvalue weighted by atomic mass is 16.3. The van der Waals surface area contributed by atoms with E-state index in [0.717, 1.165) is 25.7 Å². The topological polar surface area (TPSA) is 69.6 Å². The predicted molar refractivity (Wildman–Crippen MR) is 71.3 cm³/mol. The van der Waals surface area contributed by atoms with E-state index in [2.05, 4.69) is 5.32 Å². The number of carbonyl (C=O) groups is 2. The number of hydrogen-bond acceptors (Lipinski definition) is 3. The molecule has 2 amide bonds. The van der Waals surface area contributed by atoms with Gasteiger partial charge in [0.25, 0.3) is 0 Å². The summed E-state index contributed by atoms with van der Waals surface area (Å²) in [4.78, 5) is 26.0. The highest BCUT2D eigenvalue weighted by Crippen LogP contribution is 2.33. The van der Waals surface area contributed by atoms with Crippen LogP contribution in [-0.2, 0) is 9.59 Å². The molecule has 5 heteroatoms. The minimum atomic E-state index is -0.320. The molecule has 2 N–H and O–H groups in total. The Bertz CT molecular complexity index is 364. The summed E-state index contributed by atoms with van der Waals surface area (Å²) in [5.74, 6) is 0.245. The van der Waals surface area contributed by atoms with Crippen LogP contribution in [0.3, 0.4) is 0 Å². The molecule has 0 spiro atoms. The van der Waals surface area contributed by atoms with Crippen molar-refractivity contribution in [2.45, 2.75) is 45.6 Å². The molecular weight excluding hydrogens is 244 g/mol. The van der Waals surface area contributed by atoms with Crippen molar-refractivity contribution in [2.24, 2.45) is 11.3 Å². The largest absolute Gasteiger partial charge is 0.396 e. The monoisotopic (exact) mass is 268 g/mol. The van der Waals surface area contributed by atoms with Crippen LogP contribution in [0.2, 0.25) is 0 Å². The summed E-state index contributed by atoms with van der Waals surface area (Å²) in [6.45, 7) is 4.97. The van der Waals surface area contributed by atoms with Crippen LogP contribution in [0.15, 0.2) is 0 Å². The standard InChI is InChI=1S/C14H24N2O3/c1-14(2,9-17)8-15-12(18)11-4-3-7-16(11)13(19)10-5-6-10/h10-11,17H,3-9H2,1-2H3,(H,15,18). The molecule has 5 nitrogen and oxygen atoms in total. The van der Waals surface area contributed by atoms with Gasteiger partial charge in [0.05, 0.1) is 0 Å². The van der Waals surface area contributed by atoms with E-state index in [-0.39, 0.29) is 35.8 Å². The van der Waals surface area contributed by atoms with Gasteiger partial charge in [0.1, 0.15) is 6.04 Å². The molecule has 2 rings (SSSR count). The first-order chi connectivity index (χ1) is 8.94. The lowest BCUT2D eigenvalue weighted by molar-refractivity contribution is -0.139. The minimum absolute atomic E-state index is 0.0304. The SMILES string of the molecule is CC(C)(CO)CNC(=O)C1CCCN1C(=O)C1CC1. The van der Waals surface area contributed by atoms with Crippen LogP contribution in [-0.4, -0.2) is 47.6 Å². The van der Waals surface area contributed by atoms with Crippen molar-refractivity contribution in [1.82, 2.24) is 10.2 Å². The molecule has 1 heterocycles. The lowest BCUT2D eigenvalue weighted by Crippen LogP contribution is -2.48. The van der Waals surface area contributed by atoms with Gasteiger partial charge in [0, 0.05) is 31.0 Å². The van der Waals surface area contributed by atoms with Crippen molar-refractivity contribution in [1.29, 1.82) is 0 Å². The number of rotatable bonds is 5. The zero-order valence-electron chi connectivity index (χ0n) is 11.8. The van der Waals surface area contributed by atoms with E-state index >= 15 is 0 Å². The number of aliphatic hydroxyl groups is 1. The first-order valence-electron chi connectivity index (χ1n) is 7.14. The van der Waals surface area contributed by atoms with Crippen molar-refractivity contribution in [3.8, 4) is 0 Å². The fraction of sp³-hybridized carbons (Fsp3) is 0.857. The van der Waals surface area contributed by atoms with Gasteiger partial charge in [-0.25, -0.2) is 0 Å². The molecule has 2 aliphatic rings. The average molecular weight is 268 g/mol. The molecule has 0 aromatic heterocycles. The van der Waals surface area contributed by atoms with E-state index in [1.165, 1.54) is 0 Å². The van der Waals surface area contributed by atoms with Gasteiger partial charge in [-0.1, -0.05) is 13.8 Å². The maximum absolute atomic E-state index is 12.2. The summed E-state index contributed by atoms with van der Waals surface area (Å²) in [7, 11) is 0. The third kappa shape index (κ3) is 3.47. The molecule has 2 fully saturated rings. The Morgan fingerprint density at radius 1 is 1.32 bits per heavy atom. The van der Waals surface area contributed by atoms with E-state index in [1.54, 1.807) is 4.90 Å². The molecule has 1 saturated carbocycles. The Hall–Kier alpha value is -1.10. The molecule has 1 aliphatic heterocycles. The molecule has 0 radical (unpaired) electrons. The van der Waals surface area contributed by atoms with Crippen LogP contribution in [0.4, 0.5) is 0 Å². The highest BCUT2D eigenvalue weighted by Gasteiger charge is 2.40. The highest BCUT2D eigenvalue weighted by molar-refractivity contribution is 5.90. The fourth-order valence-corrected chi connectivity index (χ4v) is 2.37. The number of hydrogen-bond donors (Lipinski definition) is 2. The van der Waals surface area contributed by atoms with E-state index in [0.29, 0.717) is 13.1 Å². The number of nitrogens with one attached hydrogen (secondary N) is 1. The molecule has 1 saturated heterocycles. The Balaban J connectivity index is 1.88. The predicted octanol–water partition coefficient (Wildman–Crippen LogP) is 0.522. The van der Waals surface area contributed by atoms with Gasteiger partial charge in [0.2, 0.25) is 11.8 Å². The maximum atomic E-state index is 12.2. The molecular formula is C14H24N2O3. The Kier molecular flexibility index (Phi) is 4.13. The van der Waals surface area contributed by atoms with Gasteiger partial charge < -0.3 is 15.3 Å². The van der Waals surface area contributed by atoms with Gasteiger partial charge in [0.15, 0.2) is 0 Å². The van der Waals surface area contributed by atoms with E-state index in [9.17, 15) is 14.7 Å². The first-order valence-corrected chi connectivity index (χ1v) is 7.14. The van der Waals surface area contributed by atoms with Crippen molar-refractivity contribution in [2.75, 3.05) is 19.7 Å². The van der Waals surface area contributed by atoms with Crippen LogP contribution < -0.4 is 5.32 Å². The van der Waals surface area contributed by atoms with Gasteiger partial charge in [-0.05, 0) is 25.7 Å². The van der Waals surface area contributed by atoms with Crippen molar-refractivity contribution in [3.05, 3.63) is 0 Å². The third-order valence-electron chi connectivity index (χ3n) is 3.93. The molecule has 108 valence electrons. The summed E-state index contributed by atoms with van der Waals surface area (Å²) >= 11 is 0. The van der Waals surface area contributed by atoms with Crippen molar-refractivity contribution in [3.63, 3.8) is 0 Å². The van der Waals surface area contributed by atoms with Crippen molar-refractivity contribution >= 4 is 11.8 Å². The first kappa shape index (κ1) is 14.3. The van der Waals surface area contributed by atoms with E-state index < -0.39 is 0 Å². The van der Waals surface area contributed by atoms with Crippen LogP contribution in [0.25, 0.3) is 0 Å². The van der Waals surface area contributed by atoms with Crippen LogP contribution >= 0.6 is 0 Å². The Labute approximate surface area is 114 Å². The Morgan fingerprint density at radius 3 is 2.58 bits per heavy atom. The smallest absolute Gasteiger partial charge is 0.242 e. The molecule has 1 aliphatic carbocycles. The second kappa shape index (κ2) is 5.49. The fourth-order valence-electron chi connectivity index (χ4n) is 2.37. The lowest BCUT2D eigenvalue weighted by Gasteiger charge is -2.27. The Morgan fingerprint density at radius 2 is 2.00 bits per heavy atom. The average Bonchev–Trinajstić information content (AvgIpc) is 3.12. The van der Waals surface area contributed by atoms with Crippen LogP contribution in [0.5, 0.6) is 0 Å². The number of aliphatic hydroxyl groups excluding tert-OH is 1. The minimum Gasteiger partial charge on any atom is -0.396 e. The van der Waals surface area contributed by atoms with Gasteiger partial charge >= 0.3 is 0 Å². The number of amides is 2. The molecule has 0 aromatic carbocycles. The van der Waals surface area contributed by atoms with Crippen LogP contribution in [0, 0.1) is 11.3 Å². The summed E-state index contributed by atoms with van der Waals surface area (Å²) in [6.07, 6.45) is 3.60. The number of carbonyl (C=O) groups excluding carboxylic acids is 2. The zero-order valence-corrected chi connectivity index (χ0v) is 11.8. The molecule has 0 aromatic rings. The summed E-state index contributed by atoms with van der Waals surface area (Å²) in [5.41, 5.74) is -0.320. The van der Waals surface area contributed by atoms with Gasteiger partial charge in [-0.3, -0.25) is 9.59 Å². The second-order valence-corrected chi connectivity index (χ2v) is 6.50. The van der Waals surface area contributed by atoms with Crippen molar-refractivity contribution < 1.29 is 14.7 Å². The maximum Gasteiger partial charge on any atom is 0.242 e. The quantitative estimate of drug-likeness (QED) is 0.764. The normalized spacial score (nSPS) is 23.5. The van der Waals surface area contributed by atoms with Gasteiger partial charge in [-0.15, -0.1) is 0 Å². The molecule has 1 unspecified atom stereocenters. The summed E-state index contributed by atoms with van der Waals surface area (Å²) < 4.78 is 0. The van der Waals surface area contributed by atoms with Gasteiger partial charge in [-0.2, -0.15) is 0 Å².